The third-order valence-electron chi connectivity index (χ3n) is 3.58. The van der Waals surface area contributed by atoms with Crippen molar-refractivity contribution in [1.82, 2.24) is 0 Å². The summed E-state index contributed by atoms with van der Waals surface area (Å²) < 4.78 is 18.2. The molecule has 0 radical (unpaired) electrons. The maximum Gasteiger partial charge on any atom is 0.308 e. The Labute approximate surface area is 130 Å². The van der Waals surface area contributed by atoms with Crippen LogP contribution in [0, 0.1) is 0 Å². The number of esters is 1. The van der Waals surface area contributed by atoms with Crippen LogP contribution in [-0.4, -0.2) is 12.3 Å². The summed E-state index contributed by atoms with van der Waals surface area (Å²) in [5, 5.41) is 0. The molecule has 3 heteroatoms. The van der Waals surface area contributed by atoms with Gasteiger partial charge in [0.05, 0.1) is 0 Å². The Morgan fingerprint density at radius 3 is 2.33 bits per heavy atom. The van der Waals surface area contributed by atoms with Crippen LogP contribution in [0.25, 0.3) is 0 Å². The molecule has 0 aliphatic carbocycles. The summed E-state index contributed by atoms with van der Waals surface area (Å²) in [5.74, 6) is -0.385. The summed E-state index contributed by atoms with van der Waals surface area (Å²) in [4.78, 5) is 11.4. The van der Waals surface area contributed by atoms with Crippen molar-refractivity contribution in [2.75, 3.05) is 0 Å². The lowest BCUT2D eigenvalue weighted by atomic mass is 10.1. The molecule has 124 valence electrons. The molecule has 1 unspecified atom stereocenters. The molecule has 0 saturated heterocycles. The molecule has 0 aliphatic heterocycles. The summed E-state index contributed by atoms with van der Waals surface area (Å²) in [6.07, 6.45) is 13.0. The zero-order valence-corrected chi connectivity index (χ0v) is 13.7. The van der Waals surface area contributed by atoms with Crippen LogP contribution < -0.4 is 0 Å². The van der Waals surface area contributed by atoms with E-state index >= 15 is 0 Å². The Hall–Kier alpha value is -0.860. The zero-order chi connectivity index (χ0) is 15.8. The van der Waals surface area contributed by atoms with E-state index in [0.717, 1.165) is 51.4 Å². The third kappa shape index (κ3) is 15.3. The number of unbranched alkanes of at least 4 members (excludes halogenated alkanes) is 9. The molecule has 0 aromatic heterocycles. The van der Waals surface area contributed by atoms with E-state index in [1.54, 1.807) is 0 Å². The number of ether oxygens (including phenoxy) is 1. The van der Waals surface area contributed by atoms with Gasteiger partial charge in [-0.05, 0) is 25.7 Å². The predicted molar refractivity (Wildman–Crippen MR) is 86.9 cm³/mol. The minimum atomic E-state index is -1.41. The number of carbonyl (C=O) groups excluding carboxylic acids is 1. The van der Waals surface area contributed by atoms with Gasteiger partial charge in [0.2, 0.25) is 6.36 Å². The fraction of sp³-hybridized carbons (Fsp3) is 0.833. The highest BCUT2D eigenvalue weighted by Crippen LogP contribution is 2.12. The smallest absolute Gasteiger partial charge is 0.308 e. The lowest BCUT2D eigenvalue weighted by Gasteiger charge is -2.09. The molecule has 0 fully saturated rings. The molecule has 1 atom stereocenters. The van der Waals surface area contributed by atoms with Crippen LogP contribution in [0.1, 0.15) is 90.4 Å². The maximum absolute atomic E-state index is 13.4. The lowest BCUT2D eigenvalue weighted by molar-refractivity contribution is -0.158. The van der Waals surface area contributed by atoms with Gasteiger partial charge in [-0.1, -0.05) is 57.9 Å². The van der Waals surface area contributed by atoms with E-state index in [2.05, 4.69) is 13.5 Å². The Morgan fingerprint density at radius 2 is 1.67 bits per heavy atom. The molecule has 21 heavy (non-hydrogen) atoms. The molecule has 0 aromatic carbocycles. The van der Waals surface area contributed by atoms with Gasteiger partial charge in [-0.2, -0.15) is 0 Å². The van der Waals surface area contributed by atoms with Gasteiger partial charge in [0.15, 0.2) is 0 Å². The van der Waals surface area contributed by atoms with Gasteiger partial charge < -0.3 is 4.74 Å². The number of rotatable bonds is 15. The van der Waals surface area contributed by atoms with E-state index in [1.807, 2.05) is 6.08 Å². The van der Waals surface area contributed by atoms with Crippen molar-refractivity contribution in [1.29, 1.82) is 0 Å². The van der Waals surface area contributed by atoms with E-state index < -0.39 is 6.36 Å². The molecule has 2 nitrogen and oxygen atoms in total. The molecule has 0 rings (SSSR count). The Balaban J connectivity index is 3.34. The highest BCUT2D eigenvalue weighted by Gasteiger charge is 2.11. The summed E-state index contributed by atoms with van der Waals surface area (Å²) in [6.45, 7) is 5.81. The summed E-state index contributed by atoms with van der Waals surface area (Å²) in [7, 11) is 0. The zero-order valence-electron chi connectivity index (χ0n) is 13.7. The molecule has 0 saturated carbocycles. The number of hydrogen-bond donors (Lipinski definition) is 0. The van der Waals surface area contributed by atoms with E-state index in [0.29, 0.717) is 12.8 Å². The SMILES string of the molecule is C=CCCCCCCCCC(=O)OC(F)CCCCCC. The second-order valence-electron chi connectivity index (χ2n) is 5.70. The number of carbonyl (C=O) groups is 1. The van der Waals surface area contributed by atoms with E-state index in [1.165, 1.54) is 19.3 Å². The van der Waals surface area contributed by atoms with Crippen LogP contribution in [0.3, 0.4) is 0 Å². The second kappa shape index (κ2) is 15.5. The molecule has 0 N–H and O–H groups in total. The molecule has 0 aliphatic rings. The van der Waals surface area contributed by atoms with Gasteiger partial charge in [-0.15, -0.1) is 6.58 Å². The first-order valence-corrected chi connectivity index (χ1v) is 8.65. The van der Waals surface area contributed by atoms with Crippen LogP contribution >= 0.6 is 0 Å². The van der Waals surface area contributed by atoms with Crippen molar-refractivity contribution in [2.24, 2.45) is 0 Å². The average Bonchev–Trinajstić information content (AvgIpc) is 2.46. The fourth-order valence-corrected chi connectivity index (χ4v) is 2.26. The molecular weight excluding hydrogens is 267 g/mol. The van der Waals surface area contributed by atoms with Gasteiger partial charge >= 0.3 is 5.97 Å². The number of allylic oxidation sites excluding steroid dienone is 1. The molecule has 0 amide bonds. The predicted octanol–water partition coefficient (Wildman–Crippen LogP) is 6.10. The highest BCUT2D eigenvalue weighted by atomic mass is 19.1. The summed E-state index contributed by atoms with van der Waals surface area (Å²) in [5.41, 5.74) is 0. The largest absolute Gasteiger partial charge is 0.431 e. The molecule has 0 aromatic rings. The van der Waals surface area contributed by atoms with Crippen molar-refractivity contribution in [3.05, 3.63) is 12.7 Å². The number of hydrogen-bond acceptors (Lipinski definition) is 2. The number of alkyl halides is 1. The summed E-state index contributed by atoms with van der Waals surface area (Å²) >= 11 is 0. The Kier molecular flexibility index (Phi) is 14.9. The first kappa shape index (κ1) is 20.1. The van der Waals surface area contributed by atoms with Crippen molar-refractivity contribution in [3.63, 3.8) is 0 Å². The van der Waals surface area contributed by atoms with Crippen LogP contribution in [0.5, 0.6) is 0 Å². The van der Waals surface area contributed by atoms with Crippen molar-refractivity contribution >= 4 is 5.97 Å². The topological polar surface area (TPSA) is 26.3 Å². The van der Waals surface area contributed by atoms with Gasteiger partial charge in [-0.25, -0.2) is 4.39 Å². The first-order chi connectivity index (χ1) is 10.2. The minimum absolute atomic E-state index is 0.342. The van der Waals surface area contributed by atoms with E-state index in [-0.39, 0.29) is 5.97 Å². The van der Waals surface area contributed by atoms with Crippen LogP contribution in [-0.2, 0) is 9.53 Å². The third-order valence-corrected chi connectivity index (χ3v) is 3.58. The second-order valence-corrected chi connectivity index (χ2v) is 5.70. The van der Waals surface area contributed by atoms with Crippen molar-refractivity contribution in [3.8, 4) is 0 Å². The Morgan fingerprint density at radius 1 is 1.05 bits per heavy atom. The minimum Gasteiger partial charge on any atom is -0.431 e. The normalized spacial score (nSPS) is 12.1. The van der Waals surface area contributed by atoms with E-state index in [4.69, 9.17) is 4.74 Å². The monoisotopic (exact) mass is 300 g/mol. The van der Waals surface area contributed by atoms with Crippen LogP contribution in [0.4, 0.5) is 4.39 Å². The lowest BCUT2D eigenvalue weighted by Crippen LogP contribution is -2.13. The molecule has 0 heterocycles. The average molecular weight is 300 g/mol. The van der Waals surface area contributed by atoms with Gasteiger partial charge in [0.25, 0.3) is 0 Å². The first-order valence-electron chi connectivity index (χ1n) is 8.65. The molecule has 0 spiro atoms. The van der Waals surface area contributed by atoms with E-state index in [9.17, 15) is 9.18 Å². The maximum atomic E-state index is 13.4. The highest BCUT2D eigenvalue weighted by molar-refractivity contribution is 5.69. The van der Waals surface area contributed by atoms with Crippen LogP contribution in [0.2, 0.25) is 0 Å². The standard InChI is InChI=1S/C18H33FO2/c1-3-5-7-9-10-11-12-14-16-18(20)21-17(19)15-13-8-6-4-2/h3,17H,1,4-16H2,2H3. The van der Waals surface area contributed by atoms with Gasteiger partial charge in [0, 0.05) is 12.8 Å². The summed E-state index contributed by atoms with van der Waals surface area (Å²) in [6, 6.07) is 0. The van der Waals surface area contributed by atoms with Gasteiger partial charge in [-0.3, -0.25) is 4.79 Å². The Bertz CT molecular complexity index is 254. The van der Waals surface area contributed by atoms with Crippen molar-refractivity contribution in [2.45, 2.75) is 96.8 Å². The quantitative estimate of drug-likeness (QED) is 0.207. The number of halogens is 1. The fourth-order valence-electron chi connectivity index (χ4n) is 2.26. The van der Waals surface area contributed by atoms with Crippen LogP contribution in [0.15, 0.2) is 12.7 Å². The van der Waals surface area contributed by atoms with Crippen molar-refractivity contribution < 1.29 is 13.9 Å². The van der Waals surface area contributed by atoms with Gasteiger partial charge in [0.1, 0.15) is 0 Å². The molecular formula is C18H33FO2. The molecule has 0 bridgehead atoms.